The Balaban J connectivity index is 1.87. The van der Waals surface area contributed by atoms with E-state index in [1.54, 1.807) is 35.2 Å². The molecule has 6 heteroatoms. The van der Waals surface area contributed by atoms with Crippen molar-refractivity contribution >= 4 is 28.9 Å². The molecule has 0 N–H and O–H groups in total. The maximum absolute atomic E-state index is 13.3. The fraction of sp³-hybridized carbons (Fsp3) is 0.222. The van der Waals surface area contributed by atoms with Crippen molar-refractivity contribution < 1.29 is 13.6 Å². The molecule has 0 bridgehead atoms. The zero-order valence-corrected chi connectivity index (χ0v) is 14.3. The Morgan fingerprint density at radius 2 is 2.12 bits per heavy atom. The Hall–Kier alpha value is -2.34. The Bertz CT molecular complexity index is 826. The Morgan fingerprint density at radius 1 is 1.29 bits per heavy atom. The summed E-state index contributed by atoms with van der Waals surface area (Å²) in [6.45, 7) is 5.06. The fourth-order valence-electron chi connectivity index (χ4n) is 2.40. The summed E-state index contributed by atoms with van der Waals surface area (Å²) in [5.41, 5.74) is 0.661. The topological polar surface area (TPSA) is 45.8 Å². The molecule has 0 aliphatic carbocycles. The first-order chi connectivity index (χ1) is 11.6. The molecule has 24 heavy (non-hydrogen) atoms. The van der Waals surface area contributed by atoms with E-state index >= 15 is 0 Å². The highest BCUT2D eigenvalue weighted by atomic mass is 32.2. The van der Waals surface area contributed by atoms with Crippen molar-refractivity contribution in [1.29, 1.82) is 0 Å². The van der Waals surface area contributed by atoms with E-state index < -0.39 is 0 Å². The summed E-state index contributed by atoms with van der Waals surface area (Å²) in [4.78, 5) is 19.0. The van der Waals surface area contributed by atoms with Gasteiger partial charge in [-0.1, -0.05) is 12.1 Å². The second-order valence-electron chi connectivity index (χ2n) is 5.13. The van der Waals surface area contributed by atoms with Crippen LogP contribution in [0.5, 0.6) is 0 Å². The molecule has 0 saturated carbocycles. The standard InChI is InChI=1S/C18H17FN2O2S/c1-3-20-18-21(4-2)17(22)16(24-18)11-14-8-9-15(23-14)12-6-5-7-13(19)10-12/h5-11H,3-4H2,1-2H3/b16-11-,20-18?. The molecule has 0 unspecified atom stereocenters. The third-order valence-corrected chi connectivity index (χ3v) is 4.55. The molecule has 3 rings (SSSR count). The quantitative estimate of drug-likeness (QED) is 0.773. The average molecular weight is 344 g/mol. The number of benzene rings is 1. The van der Waals surface area contributed by atoms with E-state index in [1.807, 2.05) is 13.8 Å². The third-order valence-electron chi connectivity index (χ3n) is 3.51. The van der Waals surface area contributed by atoms with Crippen LogP contribution in [0.15, 0.2) is 50.7 Å². The van der Waals surface area contributed by atoms with Crippen LogP contribution in [0.25, 0.3) is 17.4 Å². The van der Waals surface area contributed by atoms with Crippen LogP contribution in [-0.2, 0) is 4.79 Å². The minimum absolute atomic E-state index is 0.0709. The summed E-state index contributed by atoms with van der Waals surface area (Å²) >= 11 is 1.35. The van der Waals surface area contributed by atoms with Gasteiger partial charge in [0.15, 0.2) is 5.17 Å². The number of hydrogen-bond acceptors (Lipinski definition) is 4. The molecular weight excluding hydrogens is 327 g/mol. The molecule has 124 valence electrons. The van der Waals surface area contributed by atoms with Gasteiger partial charge in [-0.25, -0.2) is 4.39 Å². The molecule has 1 amide bonds. The number of amidine groups is 1. The second-order valence-corrected chi connectivity index (χ2v) is 6.14. The first-order valence-electron chi connectivity index (χ1n) is 7.74. The number of amides is 1. The van der Waals surface area contributed by atoms with Gasteiger partial charge in [0.05, 0.1) is 4.91 Å². The lowest BCUT2D eigenvalue weighted by molar-refractivity contribution is -0.122. The van der Waals surface area contributed by atoms with E-state index in [0.29, 0.717) is 40.2 Å². The van der Waals surface area contributed by atoms with Crippen LogP contribution in [0.4, 0.5) is 4.39 Å². The normalized spacial score (nSPS) is 18.1. The molecule has 1 saturated heterocycles. The van der Waals surface area contributed by atoms with Crippen molar-refractivity contribution in [2.75, 3.05) is 13.1 Å². The minimum Gasteiger partial charge on any atom is -0.457 e. The van der Waals surface area contributed by atoms with Gasteiger partial charge in [0.2, 0.25) is 0 Å². The molecular formula is C18H17FN2O2S. The monoisotopic (exact) mass is 344 g/mol. The van der Waals surface area contributed by atoms with Crippen LogP contribution in [0.3, 0.4) is 0 Å². The summed E-state index contributed by atoms with van der Waals surface area (Å²) in [6, 6.07) is 9.75. The van der Waals surface area contributed by atoms with Crippen molar-refractivity contribution in [1.82, 2.24) is 4.90 Å². The van der Waals surface area contributed by atoms with Crippen molar-refractivity contribution in [3.8, 4) is 11.3 Å². The van der Waals surface area contributed by atoms with Crippen LogP contribution >= 0.6 is 11.8 Å². The zero-order chi connectivity index (χ0) is 17.1. The number of hydrogen-bond donors (Lipinski definition) is 0. The molecule has 4 nitrogen and oxygen atoms in total. The van der Waals surface area contributed by atoms with Crippen molar-refractivity contribution in [3.63, 3.8) is 0 Å². The van der Waals surface area contributed by atoms with Crippen molar-refractivity contribution in [2.24, 2.45) is 4.99 Å². The maximum Gasteiger partial charge on any atom is 0.266 e. The van der Waals surface area contributed by atoms with E-state index in [1.165, 1.54) is 23.9 Å². The first kappa shape index (κ1) is 16.5. The Morgan fingerprint density at radius 3 is 2.83 bits per heavy atom. The summed E-state index contributed by atoms with van der Waals surface area (Å²) in [5, 5.41) is 0.716. The number of rotatable bonds is 4. The van der Waals surface area contributed by atoms with Gasteiger partial charge in [-0.3, -0.25) is 14.7 Å². The zero-order valence-electron chi connectivity index (χ0n) is 13.5. The Labute approximate surface area is 144 Å². The molecule has 1 aliphatic rings. The smallest absolute Gasteiger partial charge is 0.266 e. The van der Waals surface area contributed by atoms with Gasteiger partial charge in [0.25, 0.3) is 5.91 Å². The largest absolute Gasteiger partial charge is 0.457 e. The van der Waals surface area contributed by atoms with Crippen LogP contribution in [0, 0.1) is 5.82 Å². The number of thioether (sulfide) groups is 1. The summed E-state index contributed by atoms with van der Waals surface area (Å²) in [7, 11) is 0. The van der Waals surface area contributed by atoms with Gasteiger partial charge in [-0.05, 0) is 49.9 Å². The lowest BCUT2D eigenvalue weighted by Gasteiger charge is -2.11. The van der Waals surface area contributed by atoms with Gasteiger partial charge >= 0.3 is 0 Å². The number of likely N-dealkylation sites (N-methyl/N-ethyl adjacent to an activating group) is 1. The van der Waals surface area contributed by atoms with E-state index in [4.69, 9.17) is 4.42 Å². The lowest BCUT2D eigenvalue weighted by Crippen LogP contribution is -2.28. The van der Waals surface area contributed by atoms with Crippen LogP contribution in [-0.4, -0.2) is 29.1 Å². The molecule has 1 aromatic carbocycles. The highest BCUT2D eigenvalue weighted by molar-refractivity contribution is 8.18. The second kappa shape index (κ2) is 7.05. The third kappa shape index (κ3) is 3.28. The van der Waals surface area contributed by atoms with Crippen LogP contribution < -0.4 is 0 Å². The summed E-state index contributed by atoms with van der Waals surface area (Å²) < 4.78 is 19.0. The van der Waals surface area contributed by atoms with E-state index in [9.17, 15) is 9.18 Å². The van der Waals surface area contributed by atoms with E-state index in [-0.39, 0.29) is 11.7 Å². The molecule has 2 heterocycles. The molecule has 0 atom stereocenters. The number of carbonyl (C=O) groups excluding carboxylic acids is 1. The number of nitrogens with zero attached hydrogens (tertiary/aromatic N) is 2. The SMILES string of the molecule is CCN=C1S/C(=C\c2ccc(-c3cccc(F)c3)o2)C(=O)N1CC. The Kier molecular flexibility index (Phi) is 4.85. The predicted octanol–water partition coefficient (Wildman–Crippen LogP) is 4.40. The molecule has 1 fully saturated rings. The molecule has 0 spiro atoms. The van der Waals surface area contributed by atoms with Crippen molar-refractivity contribution in [3.05, 3.63) is 52.9 Å². The van der Waals surface area contributed by atoms with Crippen LogP contribution in [0.2, 0.25) is 0 Å². The minimum atomic E-state index is -0.315. The first-order valence-corrected chi connectivity index (χ1v) is 8.55. The highest BCUT2D eigenvalue weighted by Crippen LogP contribution is 2.33. The van der Waals surface area contributed by atoms with Crippen LogP contribution in [0.1, 0.15) is 19.6 Å². The predicted molar refractivity (Wildman–Crippen MR) is 95.0 cm³/mol. The summed E-state index contributed by atoms with van der Waals surface area (Å²) in [5.74, 6) is 0.730. The van der Waals surface area contributed by atoms with Gasteiger partial charge in [-0.2, -0.15) is 0 Å². The maximum atomic E-state index is 13.3. The van der Waals surface area contributed by atoms with E-state index in [2.05, 4.69) is 4.99 Å². The highest BCUT2D eigenvalue weighted by Gasteiger charge is 2.32. The number of carbonyl (C=O) groups is 1. The van der Waals surface area contributed by atoms with E-state index in [0.717, 1.165) is 0 Å². The van der Waals surface area contributed by atoms with Gasteiger partial charge in [0.1, 0.15) is 17.3 Å². The average Bonchev–Trinajstić information content (AvgIpc) is 3.14. The molecule has 1 aromatic heterocycles. The lowest BCUT2D eigenvalue weighted by atomic mass is 10.2. The molecule has 0 radical (unpaired) electrons. The van der Waals surface area contributed by atoms with Crippen molar-refractivity contribution in [2.45, 2.75) is 13.8 Å². The molecule has 1 aliphatic heterocycles. The number of halogens is 1. The van der Waals surface area contributed by atoms with Gasteiger partial charge in [0, 0.05) is 24.7 Å². The number of aliphatic imine (C=N–C) groups is 1. The van der Waals surface area contributed by atoms with Gasteiger partial charge in [-0.15, -0.1) is 0 Å². The molecule has 2 aromatic rings. The number of furan rings is 1. The fourth-order valence-corrected chi connectivity index (χ4v) is 3.48. The van der Waals surface area contributed by atoms with Gasteiger partial charge < -0.3 is 4.42 Å². The summed E-state index contributed by atoms with van der Waals surface area (Å²) in [6.07, 6.45) is 1.70.